The zero-order valence-electron chi connectivity index (χ0n) is 5.89. The maximum absolute atomic E-state index is 5.33. The Bertz CT molecular complexity index is 69.5. The first-order chi connectivity index (χ1) is 3.80. The molecule has 1 aliphatic heterocycles. The van der Waals surface area contributed by atoms with Crippen molar-refractivity contribution in [1.82, 2.24) is 5.32 Å². The van der Waals surface area contributed by atoms with Gasteiger partial charge >= 0.3 is 0 Å². The number of rotatable bonds is 0. The maximum Gasteiger partial charge on any atom is 0.0697 e. The molecule has 1 unspecified atom stereocenters. The molecule has 0 aliphatic carbocycles. The van der Waals surface area contributed by atoms with E-state index in [1.165, 1.54) is 0 Å². The Hall–Kier alpha value is 0.210. The zero-order valence-corrected chi connectivity index (χ0v) is 6.70. The molecule has 0 aromatic rings. The maximum atomic E-state index is 5.33. The average Bonchev–Trinajstić information content (AvgIpc) is 1.77. The largest absolute Gasteiger partial charge is 0.376 e. The third-order valence-corrected chi connectivity index (χ3v) is 1.65. The van der Waals surface area contributed by atoms with Gasteiger partial charge in [-0.05, 0) is 13.8 Å². The molecule has 1 aliphatic rings. The minimum absolute atomic E-state index is 0. The number of hydrogen-bond acceptors (Lipinski definition) is 2. The smallest absolute Gasteiger partial charge is 0.0697 e. The van der Waals surface area contributed by atoms with Gasteiger partial charge in [0.2, 0.25) is 0 Å². The van der Waals surface area contributed by atoms with Crippen molar-refractivity contribution in [2.75, 3.05) is 13.2 Å². The van der Waals surface area contributed by atoms with Gasteiger partial charge in [0.05, 0.1) is 12.7 Å². The van der Waals surface area contributed by atoms with Crippen LogP contribution >= 0.6 is 12.4 Å². The molecule has 1 heterocycles. The second-order valence-electron chi connectivity index (χ2n) is 2.32. The minimum atomic E-state index is 0. The molecule has 1 fully saturated rings. The van der Waals surface area contributed by atoms with Crippen LogP contribution < -0.4 is 5.32 Å². The fourth-order valence-corrected chi connectivity index (χ4v) is 0.842. The van der Waals surface area contributed by atoms with Gasteiger partial charge in [-0.15, -0.1) is 12.4 Å². The summed E-state index contributed by atoms with van der Waals surface area (Å²) < 4.78 is 5.33. The van der Waals surface area contributed by atoms with E-state index in [1.807, 2.05) is 0 Å². The summed E-state index contributed by atoms with van der Waals surface area (Å²) in [5.74, 6) is 0. The molecular formula is C6H14ClNO. The predicted octanol–water partition coefficient (Wildman–Crippen LogP) is 0.805. The normalized spacial score (nSPS) is 35.3. The molecule has 0 amide bonds. The lowest BCUT2D eigenvalue weighted by molar-refractivity contribution is 0.0135. The first-order valence-corrected chi connectivity index (χ1v) is 3.15. The second-order valence-corrected chi connectivity index (χ2v) is 2.32. The number of hydrogen-bond donors (Lipinski definition) is 1. The van der Waals surface area contributed by atoms with Crippen LogP contribution in [0.5, 0.6) is 0 Å². The van der Waals surface area contributed by atoms with Gasteiger partial charge in [0.25, 0.3) is 0 Å². The molecule has 9 heavy (non-hydrogen) atoms. The summed E-state index contributed by atoms with van der Waals surface area (Å²) in [6.07, 6.45) is 0.392. The molecule has 3 heteroatoms. The Kier molecular flexibility index (Phi) is 4.19. The predicted molar refractivity (Wildman–Crippen MR) is 40.1 cm³/mol. The molecule has 0 aromatic carbocycles. The molecule has 56 valence electrons. The third kappa shape index (κ3) is 2.52. The fraction of sp³-hybridized carbons (Fsp3) is 1.00. The summed E-state index contributed by atoms with van der Waals surface area (Å²) in [4.78, 5) is 0. The topological polar surface area (TPSA) is 21.3 Å². The molecule has 0 aromatic heterocycles. The zero-order chi connectivity index (χ0) is 5.98. The molecule has 0 bridgehead atoms. The highest BCUT2D eigenvalue weighted by atomic mass is 35.5. The van der Waals surface area contributed by atoms with Crippen LogP contribution in [0.15, 0.2) is 0 Å². The highest BCUT2D eigenvalue weighted by molar-refractivity contribution is 5.85. The van der Waals surface area contributed by atoms with Gasteiger partial charge < -0.3 is 10.1 Å². The molecule has 0 saturated carbocycles. The quantitative estimate of drug-likeness (QED) is 0.553. The lowest BCUT2D eigenvalue weighted by Gasteiger charge is -2.26. The minimum Gasteiger partial charge on any atom is -0.376 e. The Balaban J connectivity index is 0.000000640. The van der Waals surface area contributed by atoms with Gasteiger partial charge in [0.15, 0.2) is 0 Å². The van der Waals surface area contributed by atoms with Crippen molar-refractivity contribution >= 4 is 12.4 Å². The monoisotopic (exact) mass is 151 g/mol. The van der Waals surface area contributed by atoms with Gasteiger partial charge in [-0.2, -0.15) is 0 Å². The average molecular weight is 152 g/mol. The lowest BCUT2D eigenvalue weighted by atomic mass is 10.2. The van der Waals surface area contributed by atoms with Crippen molar-refractivity contribution in [1.29, 1.82) is 0 Å². The molecule has 1 N–H and O–H groups in total. The van der Waals surface area contributed by atoms with Gasteiger partial charge in [-0.25, -0.2) is 0 Å². The van der Waals surface area contributed by atoms with E-state index in [0.29, 0.717) is 12.1 Å². The fourth-order valence-electron chi connectivity index (χ4n) is 0.842. The number of morpholine rings is 1. The first-order valence-electron chi connectivity index (χ1n) is 3.15. The van der Waals surface area contributed by atoms with Gasteiger partial charge in [-0.1, -0.05) is 0 Å². The highest BCUT2D eigenvalue weighted by Gasteiger charge is 2.15. The Morgan fingerprint density at radius 1 is 1.44 bits per heavy atom. The van der Waals surface area contributed by atoms with E-state index in [0.717, 1.165) is 13.2 Å². The summed E-state index contributed by atoms with van der Waals surface area (Å²) in [6.45, 7) is 6.11. The van der Waals surface area contributed by atoms with Crippen molar-refractivity contribution in [3.8, 4) is 0 Å². The number of halogens is 1. The van der Waals surface area contributed by atoms with Crippen molar-refractivity contribution in [2.24, 2.45) is 0 Å². The van der Waals surface area contributed by atoms with E-state index in [1.54, 1.807) is 0 Å². The summed E-state index contributed by atoms with van der Waals surface area (Å²) in [5, 5.41) is 3.31. The Labute approximate surface area is 62.4 Å². The molecule has 0 radical (unpaired) electrons. The molecule has 0 spiro atoms. The summed E-state index contributed by atoms with van der Waals surface area (Å²) in [5.41, 5.74) is 0. The van der Waals surface area contributed by atoms with Gasteiger partial charge in [0, 0.05) is 12.6 Å². The second kappa shape index (κ2) is 4.09. The molecular weight excluding hydrogens is 138 g/mol. The van der Waals surface area contributed by atoms with Crippen LogP contribution in [0.4, 0.5) is 0 Å². The van der Waals surface area contributed by atoms with E-state index in [4.69, 9.17) is 4.74 Å². The number of nitrogens with one attached hydrogen (secondary N) is 1. The van der Waals surface area contributed by atoms with Gasteiger partial charge in [0.1, 0.15) is 0 Å². The lowest BCUT2D eigenvalue weighted by Crippen LogP contribution is -2.44. The van der Waals surface area contributed by atoms with E-state index >= 15 is 0 Å². The van der Waals surface area contributed by atoms with Crippen LogP contribution in [0, 0.1) is 0 Å². The Morgan fingerprint density at radius 3 is 2.44 bits per heavy atom. The van der Waals surface area contributed by atoms with Crippen LogP contribution in [0.2, 0.25) is 0 Å². The van der Waals surface area contributed by atoms with Crippen molar-refractivity contribution in [3.63, 3.8) is 0 Å². The first kappa shape index (κ1) is 9.21. The third-order valence-electron chi connectivity index (χ3n) is 1.65. The molecule has 2 nitrogen and oxygen atoms in total. The van der Waals surface area contributed by atoms with Crippen molar-refractivity contribution in [2.45, 2.75) is 26.0 Å². The van der Waals surface area contributed by atoms with Crippen LogP contribution in [0.3, 0.4) is 0 Å². The highest BCUT2D eigenvalue weighted by Crippen LogP contribution is 2.00. The Morgan fingerprint density at radius 2 is 2.11 bits per heavy atom. The van der Waals surface area contributed by atoms with Crippen LogP contribution in [-0.2, 0) is 4.74 Å². The SMILES string of the molecule is CC1NCCO[C@H]1C.Cl. The van der Waals surface area contributed by atoms with E-state index < -0.39 is 0 Å². The van der Waals surface area contributed by atoms with E-state index in [2.05, 4.69) is 19.2 Å². The van der Waals surface area contributed by atoms with Crippen LogP contribution in [-0.4, -0.2) is 25.3 Å². The van der Waals surface area contributed by atoms with E-state index in [-0.39, 0.29) is 12.4 Å². The summed E-state index contributed by atoms with van der Waals surface area (Å²) >= 11 is 0. The molecule has 1 saturated heterocycles. The summed E-state index contributed by atoms with van der Waals surface area (Å²) in [6, 6.07) is 0.531. The number of ether oxygens (including phenoxy) is 1. The summed E-state index contributed by atoms with van der Waals surface area (Å²) in [7, 11) is 0. The van der Waals surface area contributed by atoms with Gasteiger partial charge in [-0.3, -0.25) is 0 Å². The van der Waals surface area contributed by atoms with Crippen molar-refractivity contribution in [3.05, 3.63) is 0 Å². The standard InChI is InChI=1S/C6H13NO.ClH/c1-5-6(2)8-4-3-7-5;/h5-7H,3-4H2,1-2H3;1H/t5?,6-;/m0./s1. The van der Waals surface area contributed by atoms with E-state index in [9.17, 15) is 0 Å². The van der Waals surface area contributed by atoms with Crippen molar-refractivity contribution < 1.29 is 4.74 Å². The van der Waals surface area contributed by atoms with Crippen LogP contribution in [0.1, 0.15) is 13.8 Å². The van der Waals surface area contributed by atoms with Crippen LogP contribution in [0.25, 0.3) is 0 Å². The molecule has 1 rings (SSSR count). The molecule has 2 atom stereocenters.